The molecule has 0 fully saturated rings. The SMILES string of the molecule is C=C(C)C(=O)OCCOc1ccc(C#Cc2ccc(C#Cc3cccc(OCCOC(=O)C(=C)C)c3)c(F)c2)cc1. The van der Waals surface area contributed by atoms with Gasteiger partial charge in [0.25, 0.3) is 0 Å². The van der Waals surface area contributed by atoms with Gasteiger partial charge in [-0.05, 0) is 74.5 Å². The lowest BCUT2D eigenvalue weighted by Gasteiger charge is -2.07. The summed E-state index contributed by atoms with van der Waals surface area (Å²) >= 11 is 0. The molecule has 3 aromatic carbocycles. The van der Waals surface area contributed by atoms with Crippen LogP contribution in [0.1, 0.15) is 36.1 Å². The molecule has 41 heavy (non-hydrogen) atoms. The number of hydrogen-bond donors (Lipinski definition) is 0. The highest BCUT2D eigenvalue weighted by Crippen LogP contribution is 2.15. The molecule has 0 saturated carbocycles. The van der Waals surface area contributed by atoms with Gasteiger partial charge >= 0.3 is 11.9 Å². The number of halogens is 1. The Labute approximate surface area is 239 Å². The van der Waals surface area contributed by atoms with Crippen LogP contribution >= 0.6 is 0 Å². The van der Waals surface area contributed by atoms with E-state index in [0.29, 0.717) is 33.8 Å². The van der Waals surface area contributed by atoms with E-state index >= 15 is 0 Å². The molecule has 3 rings (SSSR count). The first kappa shape index (κ1) is 30.3. The lowest BCUT2D eigenvalue weighted by atomic mass is 10.1. The van der Waals surface area contributed by atoms with Gasteiger partial charge < -0.3 is 18.9 Å². The molecule has 0 atom stereocenters. The molecule has 0 radical (unpaired) electrons. The first-order valence-electron chi connectivity index (χ1n) is 12.7. The summed E-state index contributed by atoms with van der Waals surface area (Å²) in [7, 11) is 0. The molecule has 0 N–H and O–H groups in total. The third-order valence-electron chi connectivity index (χ3n) is 5.22. The van der Waals surface area contributed by atoms with Crippen molar-refractivity contribution in [2.24, 2.45) is 0 Å². The summed E-state index contributed by atoms with van der Waals surface area (Å²) in [6.45, 7) is 10.8. The third kappa shape index (κ3) is 10.4. The maximum atomic E-state index is 14.7. The van der Waals surface area contributed by atoms with Crippen molar-refractivity contribution in [3.63, 3.8) is 0 Å². The van der Waals surface area contributed by atoms with Crippen molar-refractivity contribution in [1.82, 2.24) is 0 Å². The fourth-order valence-corrected chi connectivity index (χ4v) is 3.11. The van der Waals surface area contributed by atoms with E-state index < -0.39 is 17.8 Å². The molecule has 0 amide bonds. The minimum atomic E-state index is -0.480. The summed E-state index contributed by atoms with van der Waals surface area (Å²) in [6.07, 6.45) is 0. The molecule has 0 bridgehead atoms. The fourth-order valence-electron chi connectivity index (χ4n) is 3.11. The first-order valence-corrected chi connectivity index (χ1v) is 12.7. The van der Waals surface area contributed by atoms with E-state index in [1.54, 1.807) is 74.5 Å². The minimum absolute atomic E-state index is 0.0954. The zero-order valence-electron chi connectivity index (χ0n) is 22.9. The molecule has 0 aromatic heterocycles. The fraction of sp³-hybridized carbons (Fsp3) is 0.176. The summed E-state index contributed by atoms with van der Waals surface area (Å²) < 4.78 is 35.8. The second-order valence-electron chi connectivity index (χ2n) is 8.78. The van der Waals surface area contributed by atoms with E-state index in [4.69, 9.17) is 18.9 Å². The Bertz CT molecular complexity index is 1550. The van der Waals surface area contributed by atoms with Crippen LogP contribution in [0.25, 0.3) is 0 Å². The molecule has 7 heteroatoms. The Balaban J connectivity index is 1.53. The molecule has 208 valence electrons. The van der Waals surface area contributed by atoms with Gasteiger partial charge in [0.05, 0.1) is 5.56 Å². The highest BCUT2D eigenvalue weighted by Gasteiger charge is 2.04. The largest absolute Gasteiger partial charge is 0.490 e. The summed E-state index contributed by atoms with van der Waals surface area (Å²) in [4.78, 5) is 22.8. The predicted molar refractivity (Wildman–Crippen MR) is 154 cm³/mol. The molecular formula is C34H29FO6. The van der Waals surface area contributed by atoms with Gasteiger partial charge in [-0.3, -0.25) is 0 Å². The van der Waals surface area contributed by atoms with Crippen LogP contribution in [0, 0.1) is 29.5 Å². The summed E-state index contributed by atoms with van der Waals surface area (Å²) in [6, 6.07) is 18.7. The number of carbonyl (C=O) groups is 2. The van der Waals surface area contributed by atoms with Crippen LogP contribution in [0.3, 0.4) is 0 Å². The highest BCUT2D eigenvalue weighted by molar-refractivity contribution is 5.87. The Morgan fingerprint density at radius 1 is 0.659 bits per heavy atom. The summed E-state index contributed by atoms with van der Waals surface area (Å²) in [5, 5.41) is 0. The number of hydrogen-bond acceptors (Lipinski definition) is 6. The zero-order valence-corrected chi connectivity index (χ0v) is 22.9. The molecule has 0 heterocycles. The predicted octanol–water partition coefficient (Wildman–Crippen LogP) is 5.62. The Hall–Kier alpha value is -5.27. The number of esters is 2. The lowest BCUT2D eigenvalue weighted by Crippen LogP contribution is -2.12. The number of ether oxygens (including phenoxy) is 4. The van der Waals surface area contributed by atoms with Crippen molar-refractivity contribution < 1.29 is 32.9 Å². The second kappa shape index (κ2) is 15.4. The van der Waals surface area contributed by atoms with Gasteiger partial charge in [-0.2, -0.15) is 0 Å². The molecule has 0 aliphatic rings. The average Bonchev–Trinajstić information content (AvgIpc) is 2.96. The Kier molecular flexibility index (Phi) is 11.3. The maximum Gasteiger partial charge on any atom is 0.333 e. The van der Waals surface area contributed by atoms with Crippen LogP contribution in [-0.2, 0) is 19.1 Å². The minimum Gasteiger partial charge on any atom is -0.490 e. The lowest BCUT2D eigenvalue weighted by molar-refractivity contribution is -0.140. The van der Waals surface area contributed by atoms with Gasteiger partial charge in [0.2, 0.25) is 0 Å². The van der Waals surface area contributed by atoms with Crippen molar-refractivity contribution in [1.29, 1.82) is 0 Å². The van der Waals surface area contributed by atoms with Crippen LogP contribution in [0.15, 0.2) is 91.0 Å². The van der Waals surface area contributed by atoms with Gasteiger partial charge in [-0.25, -0.2) is 14.0 Å². The van der Waals surface area contributed by atoms with E-state index in [0.717, 1.165) is 5.56 Å². The van der Waals surface area contributed by atoms with Crippen LogP contribution in [0.5, 0.6) is 11.5 Å². The summed E-state index contributed by atoms with van der Waals surface area (Å²) in [5.74, 6) is 11.5. The molecule has 0 aliphatic heterocycles. The Morgan fingerprint density at radius 3 is 1.80 bits per heavy atom. The molecule has 3 aromatic rings. The quantitative estimate of drug-likeness (QED) is 0.141. The van der Waals surface area contributed by atoms with Crippen molar-refractivity contribution in [2.75, 3.05) is 26.4 Å². The van der Waals surface area contributed by atoms with Crippen molar-refractivity contribution in [2.45, 2.75) is 13.8 Å². The number of carbonyl (C=O) groups excluding carboxylic acids is 2. The monoisotopic (exact) mass is 552 g/mol. The maximum absolute atomic E-state index is 14.7. The van der Waals surface area contributed by atoms with Gasteiger partial charge in [-0.1, -0.05) is 42.9 Å². The summed E-state index contributed by atoms with van der Waals surface area (Å²) in [5.41, 5.74) is 2.78. The Morgan fingerprint density at radius 2 is 1.20 bits per heavy atom. The van der Waals surface area contributed by atoms with E-state index in [9.17, 15) is 14.0 Å². The first-order chi connectivity index (χ1) is 19.7. The van der Waals surface area contributed by atoms with E-state index in [1.165, 1.54) is 6.07 Å². The van der Waals surface area contributed by atoms with Crippen molar-refractivity contribution >= 4 is 11.9 Å². The van der Waals surface area contributed by atoms with Gasteiger partial charge in [0.1, 0.15) is 43.7 Å². The molecule has 0 unspecified atom stereocenters. The number of benzene rings is 3. The molecule has 6 nitrogen and oxygen atoms in total. The van der Waals surface area contributed by atoms with Crippen LogP contribution in [-0.4, -0.2) is 38.4 Å². The number of rotatable bonds is 10. The van der Waals surface area contributed by atoms with E-state index in [1.807, 2.05) is 0 Å². The molecular weight excluding hydrogens is 523 g/mol. The third-order valence-corrected chi connectivity index (χ3v) is 5.22. The average molecular weight is 553 g/mol. The standard InChI is InChI=1S/C34H29FO6/c1-24(2)33(36)40-20-18-38-30-16-12-26(13-17-30)8-9-28-11-15-29(32(35)23-28)14-10-27-6-5-7-31(22-27)39-19-21-41-34(37)25(3)4/h5-7,11-13,15-17,22-23H,1,3,18-21H2,2,4H3. The molecule has 0 saturated heterocycles. The van der Waals surface area contributed by atoms with Gasteiger partial charge in [0.15, 0.2) is 0 Å². The van der Waals surface area contributed by atoms with Crippen molar-refractivity contribution in [3.05, 3.63) is 119 Å². The van der Waals surface area contributed by atoms with Crippen LogP contribution < -0.4 is 9.47 Å². The molecule has 0 aliphatic carbocycles. The zero-order chi connectivity index (χ0) is 29.6. The smallest absolute Gasteiger partial charge is 0.333 e. The van der Waals surface area contributed by atoms with Crippen molar-refractivity contribution in [3.8, 4) is 35.2 Å². The van der Waals surface area contributed by atoms with E-state index in [2.05, 4.69) is 36.8 Å². The van der Waals surface area contributed by atoms with Gasteiger partial charge in [-0.15, -0.1) is 0 Å². The normalized spacial score (nSPS) is 9.73. The topological polar surface area (TPSA) is 71.1 Å². The van der Waals surface area contributed by atoms with E-state index in [-0.39, 0.29) is 32.0 Å². The van der Waals surface area contributed by atoms with Crippen LogP contribution in [0.4, 0.5) is 4.39 Å². The van der Waals surface area contributed by atoms with Gasteiger partial charge in [0, 0.05) is 27.8 Å². The second-order valence-corrected chi connectivity index (χ2v) is 8.78. The highest BCUT2D eigenvalue weighted by atomic mass is 19.1. The van der Waals surface area contributed by atoms with Crippen LogP contribution in [0.2, 0.25) is 0 Å². The molecule has 0 spiro atoms.